The molecule has 0 atom stereocenters. The SMILES string of the molecule is CCOCCNC(=NC)NCc1cccc(NC(C)=O)c1.I. The van der Waals surface area contributed by atoms with Crippen LogP contribution in [0.2, 0.25) is 0 Å². The molecule has 0 spiro atoms. The molecule has 1 rings (SSSR count). The highest BCUT2D eigenvalue weighted by molar-refractivity contribution is 14.0. The predicted molar refractivity (Wildman–Crippen MR) is 101 cm³/mol. The zero-order valence-corrected chi connectivity index (χ0v) is 15.6. The van der Waals surface area contributed by atoms with E-state index in [9.17, 15) is 4.79 Å². The number of hydrogen-bond donors (Lipinski definition) is 3. The van der Waals surface area contributed by atoms with Crippen molar-refractivity contribution in [3.05, 3.63) is 29.8 Å². The monoisotopic (exact) mass is 420 g/mol. The quantitative estimate of drug-likeness (QED) is 0.273. The summed E-state index contributed by atoms with van der Waals surface area (Å²) in [5.74, 6) is 0.646. The fraction of sp³-hybridized carbons (Fsp3) is 0.467. The minimum atomic E-state index is -0.0755. The van der Waals surface area contributed by atoms with Crippen molar-refractivity contribution in [1.29, 1.82) is 0 Å². The summed E-state index contributed by atoms with van der Waals surface area (Å²) in [6, 6.07) is 7.70. The number of rotatable bonds is 7. The number of aliphatic imine (C=N–C) groups is 1. The molecule has 0 heterocycles. The lowest BCUT2D eigenvalue weighted by Gasteiger charge is -2.12. The first-order chi connectivity index (χ1) is 10.2. The van der Waals surface area contributed by atoms with Crippen molar-refractivity contribution in [2.45, 2.75) is 20.4 Å². The van der Waals surface area contributed by atoms with E-state index in [0.717, 1.165) is 17.2 Å². The highest BCUT2D eigenvalue weighted by atomic mass is 127. The van der Waals surface area contributed by atoms with E-state index in [0.29, 0.717) is 26.3 Å². The number of carbonyl (C=O) groups excluding carboxylic acids is 1. The molecule has 0 aliphatic heterocycles. The number of anilines is 1. The molecule has 7 heteroatoms. The van der Waals surface area contributed by atoms with Gasteiger partial charge in [-0.1, -0.05) is 12.1 Å². The van der Waals surface area contributed by atoms with Crippen molar-refractivity contribution < 1.29 is 9.53 Å². The van der Waals surface area contributed by atoms with Crippen LogP contribution in [0.15, 0.2) is 29.3 Å². The molecule has 0 unspecified atom stereocenters. The van der Waals surface area contributed by atoms with Gasteiger partial charge in [-0.05, 0) is 24.6 Å². The number of guanidine groups is 1. The van der Waals surface area contributed by atoms with Crippen molar-refractivity contribution in [2.24, 2.45) is 4.99 Å². The highest BCUT2D eigenvalue weighted by Gasteiger charge is 2.00. The van der Waals surface area contributed by atoms with Crippen molar-refractivity contribution >= 4 is 41.5 Å². The van der Waals surface area contributed by atoms with Crippen molar-refractivity contribution in [3.63, 3.8) is 0 Å². The molecule has 3 N–H and O–H groups in total. The van der Waals surface area contributed by atoms with E-state index in [2.05, 4.69) is 20.9 Å². The lowest BCUT2D eigenvalue weighted by molar-refractivity contribution is -0.114. The minimum absolute atomic E-state index is 0. The Morgan fingerprint density at radius 2 is 2.09 bits per heavy atom. The first-order valence-corrected chi connectivity index (χ1v) is 7.04. The van der Waals surface area contributed by atoms with Crippen LogP contribution in [0.4, 0.5) is 5.69 Å². The van der Waals surface area contributed by atoms with Crippen LogP contribution >= 0.6 is 24.0 Å². The summed E-state index contributed by atoms with van der Waals surface area (Å²) < 4.78 is 5.26. The fourth-order valence-corrected chi connectivity index (χ4v) is 1.75. The molecule has 1 aromatic carbocycles. The molecule has 22 heavy (non-hydrogen) atoms. The lowest BCUT2D eigenvalue weighted by Crippen LogP contribution is -2.38. The van der Waals surface area contributed by atoms with Crippen LogP contribution < -0.4 is 16.0 Å². The zero-order chi connectivity index (χ0) is 15.5. The van der Waals surface area contributed by atoms with Crippen molar-refractivity contribution in [3.8, 4) is 0 Å². The minimum Gasteiger partial charge on any atom is -0.380 e. The number of amides is 1. The summed E-state index contributed by atoms with van der Waals surface area (Å²) in [6.45, 7) is 6.16. The summed E-state index contributed by atoms with van der Waals surface area (Å²) in [6.07, 6.45) is 0. The van der Waals surface area contributed by atoms with Crippen LogP contribution in [0.5, 0.6) is 0 Å². The van der Waals surface area contributed by atoms with Crippen LogP contribution in [0, 0.1) is 0 Å². The van der Waals surface area contributed by atoms with Gasteiger partial charge >= 0.3 is 0 Å². The van der Waals surface area contributed by atoms with Gasteiger partial charge in [-0.15, -0.1) is 24.0 Å². The van der Waals surface area contributed by atoms with Gasteiger partial charge in [0.1, 0.15) is 0 Å². The third-order valence-corrected chi connectivity index (χ3v) is 2.67. The van der Waals surface area contributed by atoms with Gasteiger partial charge in [0.15, 0.2) is 5.96 Å². The molecule has 0 bridgehead atoms. The average Bonchev–Trinajstić information content (AvgIpc) is 2.46. The van der Waals surface area contributed by atoms with Crippen LogP contribution in [-0.4, -0.2) is 38.7 Å². The lowest BCUT2D eigenvalue weighted by atomic mass is 10.2. The summed E-state index contributed by atoms with van der Waals surface area (Å²) in [5.41, 5.74) is 1.86. The molecule has 0 aliphatic rings. The molecule has 124 valence electrons. The van der Waals surface area contributed by atoms with Crippen LogP contribution in [0.25, 0.3) is 0 Å². The molecule has 1 amide bonds. The largest absolute Gasteiger partial charge is 0.380 e. The number of nitrogens with zero attached hydrogens (tertiary/aromatic N) is 1. The Bertz CT molecular complexity index is 480. The van der Waals surface area contributed by atoms with E-state index in [1.807, 2.05) is 31.2 Å². The van der Waals surface area contributed by atoms with E-state index in [1.54, 1.807) is 7.05 Å². The van der Waals surface area contributed by atoms with Crippen molar-refractivity contribution in [1.82, 2.24) is 10.6 Å². The predicted octanol–water partition coefficient (Wildman–Crippen LogP) is 1.96. The third-order valence-electron chi connectivity index (χ3n) is 2.67. The van der Waals surface area contributed by atoms with Gasteiger partial charge in [-0.3, -0.25) is 9.79 Å². The fourth-order valence-electron chi connectivity index (χ4n) is 1.75. The Kier molecular flexibility index (Phi) is 11.5. The van der Waals surface area contributed by atoms with Crippen LogP contribution in [0.3, 0.4) is 0 Å². The van der Waals surface area contributed by atoms with Gasteiger partial charge in [0.05, 0.1) is 6.61 Å². The van der Waals surface area contributed by atoms with Crippen LogP contribution in [-0.2, 0) is 16.1 Å². The summed E-state index contributed by atoms with van der Waals surface area (Å²) in [7, 11) is 1.73. The van der Waals surface area contributed by atoms with Gasteiger partial charge in [-0.25, -0.2) is 0 Å². The molecule has 0 aliphatic carbocycles. The molecule has 0 aromatic heterocycles. The first kappa shape index (κ1) is 20.6. The normalized spacial score (nSPS) is 10.6. The second-order valence-corrected chi connectivity index (χ2v) is 4.43. The Balaban J connectivity index is 0.00000441. The van der Waals surface area contributed by atoms with Crippen LogP contribution in [0.1, 0.15) is 19.4 Å². The number of ether oxygens (including phenoxy) is 1. The maximum atomic E-state index is 11.0. The maximum absolute atomic E-state index is 11.0. The van der Waals surface area contributed by atoms with Gasteiger partial charge in [0.2, 0.25) is 5.91 Å². The van der Waals surface area contributed by atoms with Gasteiger partial charge in [-0.2, -0.15) is 0 Å². The topological polar surface area (TPSA) is 74.8 Å². The summed E-state index contributed by atoms with van der Waals surface area (Å²) >= 11 is 0. The summed E-state index contributed by atoms with van der Waals surface area (Å²) in [5, 5.41) is 9.15. The number of halogens is 1. The van der Waals surface area contributed by atoms with E-state index in [4.69, 9.17) is 4.74 Å². The molecule has 0 saturated heterocycles. The average molecular weight is 420 g/mol. The van der Waals surface area contributed by atoms with Gasteiger partial charge < -0.3 is 20.7 Å². The number of carbonyl (C=O) groups is 1. The van der Waals surface area contributed by atoms with E-state index >= 15 is 0 Å². The standard InChI is InChI=1S/C15H24N4O2.HI/c1-4-21-9-8-17-15(16-3)18-11-13-6-5-7-14(10-13)19-12(2)20;/h5-7,10H,4,8-9,11H2,1-3H3,(H,19,20)(H2,16,17,18);1H. The summed E-state index contributed by atoms with van der Waals surface area (Å²) in [4.78, 5) is 15.2. The van der Waals surface area contributed by atoms with E-state index in [-0.39, 0.29) is 29.9 Å². The van der Waals surface area contributed by atoms with Gasteiger partial charge in [0, 0.05) is 39.4 Å². The second kappa shape index (κ2) is 12.2. The Morgan fingerprint density at radius 1 is 1.32 bits per heavy atom. The highest BCUT2D eigenvalue weighted by Crippen LogP contribution is 2.10. The smallest absolute Gasteiger partial charge is 0.221 e. The van der Waals surface area contributed by atoms with E-state index in [1.165, 1.54) is 6.92 Å². The second-order valence-electron chi connectivity index (χ2n) is 4.43. The number of hydrogen-bond acceptors (Lipinski definition) is 3. The zero-order valence-electron chi connectivity index (χ0n) is 13.3. The molecule has 0 radical (unpaired) electrons. The molecule has 6 nitrogen and oxygen atoms in total. The molecule has 0 fully saturated rings. The first-order valence-electron chi connectivity index (χ1n) is 7.04. The maximum Gasteiger partial charge on any atom is 0.221 e. The number of nitrogens with one attached hydrogen (secondary N) is 3. The third kappa shape index (κ3) is 8.83. The van der Waals surface area contributed by atoms with Gasteiger partial charge in [0.25, 0.3) is 0 Å². The molecule has 1 aromatic rings. The molecule has 0 saturated carbocycles. The Morgan fingerprint density at radius 3 is 2.73 bits per heavy atom. The molecular weight excluding hydrogens is 395 g/mol. The Hall–Kier alpha value is -1.35. The Labute approximate surface area is 149 Å². The van der Waals surface area contributed by atoms with E-state index < -0.39 is 0 Å². The number of benzene rings is 1. The van der Waals surface area contributed by atoms with Crippen molar-refractivity contribution in [2.75, 3.05) is 32.1 Å². The molecular formula is C15H25IN4O2.